The number of rotatable bonds is 7. The first-order valence-electron chi connectivity index (χ1n) is 10.5. The minimum atomic E-state index is -0.425. The highest BCUT2D eigenvalue weighted by Gasteiger charge is 2.21. The smallest absolute Gasteiger partial charge is 0.273 e. The third kappa shape index (κ3) is 4.78. The Bertz CT molecular complexity index is 1240. The quantitative estimate of drug-likeness (QED) is 0.302. The summed E-state index contributed by atoms with van der Waals surface area (Å²) in [4.78, 5) is 20.4. The highest BCUT2D eigenvalue weighted by atomic mass is 32.1. The van der Waals surface area contributed by atoms with Gasteiger partial charge in [-0.1, -0.05) is 17.4 Å². The van der Waals surface area contributed by atoms with Crippen molar-refractivity contribution in [1.29, 1.82) is 0 Å². The largest absolute Gasteiger partial charge is 0.492 e. The van der Waals surface area contributed by atoms with Crippen LogP contribution < -0.4 is 9.64 Å². The third-order valence-electron chi connectivity index (χ3n) is 5.52. The van der Waals surface area contributed by atoms with Crippen LogP contribution in [0.3, 0.4) is 0 Å². The van der Waals surface area contributed by atoms with Crippen molar-refractivity contribution in [3.8, 4) is 17.0 Å². The van der Waals surface area contributed by atoms with E-state index in [1.165, 1.54) is 35.6 Å². The topological polar surface area (TPSA) is 89.0 Å². The lowest BCUT2D eigenvalue weighted by Gasteiger charge is -2.34. The fourth-order valence-electron chi connectivity index (χ4n) is 3.72. The molecule has 2 aromatic carbocycles. The zero-order valence-electron chi connectivity index (χ0n) is 17.6. The highest BCUT2D eigenvalue weighted by Crippen LogP contribution is 2.27. The molecule has 1 fully saturated rings. The molecule has 0 spiro atoms. The van der Waals surface area contributed by atoms with E-state index in [4.69, 9.17) is 4.74 Å². The lowest BCUT2D eigenvalue weighted by atomic mass is 10.2. The van der Waals surface area contributed by atoms with Gasteiger partial charge in [-0.15, -0.1) is 5.10 Å². The predicted octanol–water partition coefficient (Wildman–Crippen LogP) is 3.71. The molecule has 170 valence electrons. The first-order valence-corrected chi connectivity index (χ1v) is 11.3. The number of hydrogen-bond donors (Lipinski definition) is 0. The summed E-state index contributed by atoms with van der Waals surface area (Å²) in [6.07, 6.45) is 1.87. The maximum Gasteiger partial charge on any atom is 0.273 e. The standard InChI is InChI=1S/C22H21FN6O3S/c23-17-6-4-16(5-7-17)20-15-28-21(24-20)33-22(25-28)27-10-8-26(9-11-27)12-13-32-19-3-1-2-18(14-19)29(30)31/h1-7,14-15H,8-13H2. The molecule has 5 rings (SSSR count). The Morgan fingerprint density at radius 3 is 2.64 bits per heavy atom. The fourth-order valence-corrected chi connectivity index (χ4v) is 4.65. The summed E-state index contributed by atoms with van der Waals surface area (Å²) >= 11 is 1.54. The maximum absolute atomic E-state index is 13.1. The molecule has 9 nitrogen and oxygen atoms in total. The molecule has 0 N–H and O–H groups in total. The lowest BCUT2D eigenvalue weighted by molar-refractivity contribution is -0.384. The van der Waals surface area contributed by atoms with Gasteiger partial charge in [0.1, 0.15) is 18.2 Å². The number of hydrogen-bond acceptors (Lipinski definition) is 8. The monoisotopic (exact) mass is 468 g/mol. The number of halogens is 1. The Labute approximate surface area is 192 Å². The van der Waals surface area contributed by atoms with Crippen LogP contribution in [0.5, 0.6) is 5.75 Å². The Morgan fingerprint density at radius 1 is 1.12 bits per heavy atom. The normalized spacial score (nSPS) is 14.6. The summed E-state index contributed by atoms with van der Waals surface area (Å²) in [6.45, 7) is 4.66. The predicted molar refractivity (Wildman–Crippen MR) is 124 cm³/mol. The zero-order chi connectivity index (χ0) is 22.8. The van der Waals surface area contributed by atoms with E-state index in [9.17, 15) is 14.5 Å². The van der Waals surface area contributed by atoms with Gasteiger partial charge in [-0.05, 0) is 30.3 Å². The van der Waals surface area contributed by atoms with E-state index < -0.39 is 4.92 Å². The molecule has 0 bridgehead atoms. The molecule has 0 amide bonds. The van der Waals surface area contributed by atoms with Crippen LogP contribution in [0.2, 0.25) is 0 Å². The molecule has 0 radical (unpaired) electrons. The van der Waals surface area contributed by atoms with E-state index in [1.54, 1.807) is 28.8 Å². The lowest BCUT2D eigenvalue weighted by Crippen LogP contribution is -2.47. The number of nitro benzene ring substituents is 1. The summed E-state index contributed by atoms with van der Waals surface area (Å²) in [5.41, 5.74) is 1.66. The molecule has 4 aromatic rings. The minimum absolute atomic E-state index is 0.0284. The van der Waals surface area contributed by atoms with Crippen LogP contribution in [0.1, 0.15) is 0 Å². The third-order valence-corrected chi connectivity index (χ3v) is 6.50. The van der Waals surface area contributed by atoms with Gasteiger partial charge in [-0.3, -0.25) is 15.0 Å². The van der Waals surface area contributed by atoms with Gasteiger partial charge in [0.2, 0.25) is 10.1 Å². The van der Waals surface area contributed by atoms with Crippen molar-refractivity contribution >= 4 is 27.1 Å². The Morgan fingerprint density at radius 2 is 1.91 bits per heavy atom. The molecule has 1 aliphatic heterocycles. The number of ether oxygens (including phenoxy) is 1. The second-order valence-electron chi connectivity index (χ2n) is 7.68. The number of nitrogens with zero attached hydrogens (tertiary/aromatic N) is 6. The number of fused-ring (bicyclic) bond motifs is 1. The van der Waals surface area contributed by atoms with Gasteiger partial charge in [0.05, 0.1) is 22.9 Å². The van der Waals surface area contributed by atoms with E-state index in [2.05, 4.69) is 19.9 Å². The number of piperazine rings is 1. The number of nitro groups is 1. The second-order valence-corrected chi connectivity index (χ2v) is 8.61. The Balaban J connectivity index is 1.13. The van der Waals surface area contributed by atoms with Gasteiger partial charge in [0.25, 0.3) is 5.69 Å². The zero-order valence-corrected chi connectivity index (χ0v) is 18.4. The molecule has 0 aliphatic carbocycles. The van der Waals surface area contributed by atoms with E-state index >= 15 is 0 Å². The SMILES string of the molecule is O=[N+]([O-])c1cccc(OCCN2CCN(c3nn4cc(-c5ccc(F)cc5)nc4s3)CC2)c1. The highest BCUT2D eigenvalue weighted by molar-refractivity contribution is 7.20. The molecule has 1 saturated heterocycles. The van der Waals surface area contributed by atoms with Crippen LogP contribution in [0.4, 0.5) is 15.2 Å². The van der Waals surface area contributed by atoms with Gasteiger partial charge in [0.15, 0.2) is 0 Å². The molecule has 11 heteroatoms. The van der Waals surface area contributed by atoms with Gasteiger partial charge < -0.3 is 9.64 Å². The van der Waals surface area contributed by atoms with Crippen LogP contribution in [0.25, 0.3) is 16.2 Å². The van der Waals surface area contributed by atoms with Crippen molar-refractivity contribution < 1.29 is 14.1 Å². The molecule has 1 aliphatic rings. The molecule has 2 aromatic heterocycles. The number of non-ortho nitro benzene ring substituents is 1. The van der Waals surface area contributed by atoms with E-state index in [-0.39, 0.29) is 11.5 Å². The van der Waals surface area contributed by atoms with Gasteiger partial charge in [-0.2, -0.15) is 0 Å². The summed E-state index contributed by atoms with van der Waals surface area (Å²) < 4.78 is 20.6. The van der Waals surface area contributed by atoms with Crippen molar-refractivity contribution in [3.63, 3.8) is 0 Å². The van der Waals surface area contributed by atoms with Crippen LogP contribution in [0, 0.1) is 15.9 Å². The van der Waals surface area contributed by atoms with Crippen molar-refractivity contribution in [2.24, 2.45) is 0 Å². The van der Waals surface area contributed by atoms with Gasteiger partial charge in [-0.25, -0.2) is 13.9 Å². The number of anilines is 1. The summed E-state index contributed by atoms with van der Waals surface area (Å²) in [5, 5.41) is 16.5. The maximum atomic E-state index is 13.1. The van der Waals surface area contributed by atoms with E-state index in [1.807, 2.05) is 6.20 Å². The first-order chi connectivity index (χ1) is 16.0. The second kappa shape index (κ2) is 9.12. The van der Waals surface area contributed by atoms with Crippen molar-refractivity contribution in [3.05, 3.63) is 70.7 Å². The number of benzene rings is 2. The van der Waals surface area contributed by atoms with E-state index in [0.717, 1.165) is 54.1 Å². The van der Waals surface area contributed by atoms with Crippen LogP contribution >= 0.6 is 11.3 Å². The molecular weight excluding hydrogens is 447 g/mol. The fraction of sp³-hybridized carbons (Fsp3) is 0.273. The van der Waals surface area contributed by atoms with E-state index in [0.29, 0.717) is 12.4 Å². The van der Waals surface area contributed by atoms with Gasteiger partial charge in [0, 0.05) is 44.4 Å². The van der Waals surface area contributed by atoms with Gasteiger partial charge >= 0.3 is 0 Å². The summed E-state index contributed by atoms with van der Waals surface area (Å²) in [5.74, 6) is 0.240. The molecule has 0 unspecified atom stereocenters. The Hall–Kier alpha value is -3.57. The molecule has 3 heterocycles. The summed E-state index contributed by atoms with van der Waals surface area (Å²) in [7, 11) is 0. The number of aromatic nitrogens is 3. The van der Waals surface area contributed by atoms with Crippen LogP contribution in [0.15, 0.2) is 54.7 Å². The average molecular weight is 469 g/mol. The Kier molecular flexibility index (Phi) is 5.88. The number of imidazole rings is 1. The molecule has 0 saturated carbocycles. The molecular formula is C22H21FN6O3S. The van der Waals surface area contributed by atoms with Crippen LogP contribution in [-0.4, -0.2) is 63.8 Å². The average Bonchev–Trinajstić information content (AvgIpc) is 3.40. The van der Waals surface area contributed by atoms with Crippen molar-refractivity contribution in [2.75, 3.05) is 44.2 Å². The summed E-state index contributed by atoms with van der Waals surface area (Å²) in [6, 6.07) is 12.5. The molecule has 0 atom stereocenters. The van der Waals surface area contributed by atoms with Crippen molar-refractivity contribution in [1.82, 2.24) is 19.5 Å². The van der Waals surface area contributed by atoms with Crippen molar-refractivity contribution in [2.45, 2.75) is 0 Å². The molecule has 33 heavy (non-hydrogen) atoms. The first kappa shape index (κ1) is 21.3. The minimum Gasteiger partial charge on any atom is -0.492 e. The van der Waals surface area contributed by atoms with Crippen LogP contribution in [-0.2, 0) is 0 Å².